The van der Waals surface area contributed by atoms with Crippen molar-refractivity contribution in [2.45, 2.75) is 57.2 Å². The van der Waals surface area contributed by atoms with E-state index in [9.17, 15) is 9.59 Å². The first-order valence-corrected chi connectivity index (χ1v) is 6.88. The number of urea groups is 1. The average molecular weight is 252 g/mol. The van der Waals surface area contributed by atoms with Gasteiger partial charge in [-0.05, 0) is 38.0 Å². The van der Waals surface area contributed by atoms with Crippen molar-refractivity contribution in [1.29, 1.82) is 0 Å². The highest BCUT2D eigenvalue weighted by Gasteiger charge is 2.51. The van der Waals surface area contributed by atoms with Gasteiger partial charge in [0, 0.05) is 18.1 Å². The maximum atomic E-state index is 12.2. The fraction of sp³-hybridized carbons (Fsp3) is 0.846. The Hall–Kier alpha value is -1.26. The number of nitrogens with one attached hydrogen (secondary N) is 1. The average Bonchev–Trinajstić information content (AvgIpc) is 2.83. The number of carbonyl (C=O) groups excluding carboxylic acids is 1. The maximum Gasteiger partial charge on any atom is 0.318 e. The Kier molecular flexibility index (Phi) is 2.72. The molecule has 5 nitrogen and oxygen atoms in total. The summed E-state index contributed by atoms with van der Waals surface area (Å²) >= 11 is 0. The Balaban J connectivity index is 1.62. The van der Waals surface area contributed by atoms with E-state index in [1.54, 1.807) is 0 Å². The minimum atomic E-state index is -0.753. The fourth-order valence-corrected chi connectivity index (χ4v) is 3.84. The van der Waals surface area contributed by atoms with Gasteiger partial charge < -0.3 is 15.3 Å². The Morgan fingerprint density at radius 3 is 2.50 bits per heavy atom. The molecule has 3 fully saturated rings. The van der Waals surface area contributed by atoms with Crippen molar-refractivity contribution < 1.29 is 14.7 Å². The summed E-state index contributed by atoms with van der Waals surface area (Å²) in [4.78, 5) is 25.1. The van der Waals surface area contributed by atoms with Gasteiger partial charge >= 0.3 is 12.0 Å². The summed E-state index contributed by atoms with van der Waals surface area (Å²) in [7, 11) is 0. The number of rotatable bonds is 2. The Labute approximate surface area is 107 Å². The first-order valence-electron chi connectivity index (χ1n) is 6.88. The van der Waals surface area contributed by atoms with Crippen LogP contribution in [0.25, 0.3) is 0 Å². The van der Waals surface area contributed by atoms with Crippen molar-refractivity contribution >= 4 is 12.0 Å². The van der Waals surface area contributed by atoms with Crippen LogP contribution in [0.15, 0.2) is 0 Å². The monoisotopic (exact) mass is 252 g/mol. The molecule has 3 rings (SSSR count). The SMILES string of the molecule is CC1CC(NC(=O)N2C3CCC2C(C(=O)O)C3)C1. The van der Waals surface area contributed by atoms with Gasteiger partial charge in [-0.2, -0.15) is 0 Å². The van der Waals surface area contributed by atoms with E-state index >= 15 is 0 Å². The molecule has 3 unspecified atom stereocenters. The molecule has 18 heavy (non-hydrogen) atoms. The first-order chi connectivity index (χ1) is 8.56. The molecule has 5 heteroatoms. The zero-order valence-corrected chi connectivity index (χ0v) is 10.6. The van der Waals surface area contributed by atoms with Crippen LogP contribution in [0, 0.1) is 11.8 Å². The van der Waals surface area contributed by atoms with E-state index < -0.39 is 5.97 Å². The van der Waals surface area contributed by atoms with Gasteiger partial charge in [0.15, 0.2) is 0 Å². The number of amides is 2. The third-order valence-electron chi connectivity index (χ3n) is 4.79. The molecular formula is C13H20N2O3. The second-order valence-corrected chi connectivity index (χ2v) is 6.11. The first kappa shape index (κ1) is 11.8. The standard InChI is InChI=1S/C13H20N2O3/c1-7-4-8(5-7)14-13(18)15-9-2-3-11(15)10(6-9)12(16)17/h7-11H,2-6H2,1H3,(H,14,18)(H,16,17). The van der Waals surface area contributed by atoms with Crippen LogP contribution in [0.5, 0.6) is 0 Å². The summed E-state index contributed by atoms with van der Waals surface area (Å²) in [5.74, 6) is -0.399. The molecule has 0 aromatic carbocycles. The third kappa shape index (κ3) is 1.76. The van der Waals surface area contributed by atoms with Crippen molar-refractivity contribution in [2.24, 2.45) is 11.8 Å². The van der Waals surface area contributed by atoms with Crippen molar-refractivity contribution in [3.8, 4) is 0 Å². The quantitative estimate of drug-likeness (QED) is 0.781. The smallest absolute Gasteiger partial charge is 0.318 e. The van der Waals surface area contributed by atoms with Gasteiger partial charge in [0.25, 0.3) is 0 Å². The molecule has 2 aliphatic heterocycles. The number of carbonyl (C=O) groups is 2. The van der Waals surface area contributed by atoms with Crippen LogP contribution >= 0.6 is 0 Å². The predicted octanol–water partition coefficient (Wildman–Crippen LogP) is 1.43. The number of carboxylic acid groups (broad SMARTS) is 1. The molecule has 100 valence electrons. The summed E-state index contributed by atoms with van der Waals surface area (Å²) in [6.45, 7) is 2.18. The molecule has 0 spiro atoms. The molecule has 2 N–H and O–H groups in total. The molecule has 3 atom stereocenters. The van der Waals surface area contributed by atoms with Crippen LogP contribution in [-0.4, -0.2) is 40.1 Å². The summed E-state index contributed by atoms with van der Waals surface area (Å²) < 4.78 is 0. The molecule has 2 saturated heterocycles. The molecule has 1 saturated carbocycles. The van der Waals surface area contributed by atoms with E-state index in [4.69, 9.17) is 5.11 Å². The molecule has 0 aromatic heterocycles. The fourth-order valence-electron chi connectivity index (χ4n) is 3.84. The number of fused-ring (bicyclic) bond motifs is 2. The molecule has 0 aromatic rings. The number of aliphatic carboxylic acids is 1. The van der Waals surface area contributed by atoms with E-state index in [2.05, 4.69) is 12.2 Å². The lowest BCUT2D eigenvalue weighted by Gasteiger charge is -2.35. The minimum Gasteiger partial charge on any atom is -0.481 e. The van der Waals surface area contributed by atoms with Gasteiger partial charge in [0.05, 0.1) is 5.92 Å². The van der Waals surface area contributed by atoms with E-state index in [1.165, 1.54) is 0 Å². The second kappa shape index (κ2) is 4.14. The van der Waals surface area contributed by atoms with E-state index in [0.717, 1.165) is 25.7 Å². The van der Waals surface area contributed by atoms with Crippen molar-refractivity contribution in [3.63, 3.8) is 0 Å². The van der Waals surface area contributed by atoms with Crippen molar-refractivity contribution in [2.75, 3.05) is 0 Å². The van der Waals surface area contributed by atoms with Gasteiger partial charge in [-0.25, -0.2) is 4.79 Å². The summed E-state index contributed by atoms with van der Waals surface area (Å²) in [6.07, 6.45) is 4.54. The number of hydrogen-bond donors (Lipinski definition) is 2. The molecule has 3 aliphatic rings. The summed E-state index contributed by atoms with van der Waals surface area (Å²) in [5, 5.41) is 12.2. The topological polar surface area (TPSA) is 69.6 Å². The Morgan fingerprint density at radius 1 is 1.22 bits per heavy atom. The Bertz CT molecular complexity index is 378. The maximum absolute atomic E-state index is 12.2. The number of carboxylic acids is 1. The van der Waals surface area contributed by atoms with Gasteiger partial charge in [-0.1, -0.05) is 6.92 Å². The zero-order chi connectivity index (χ0) is 12.9. The van der Waals surface area contributed by atoms with Crippen LogP contribution in [-0.2, 0) is 4.79 Å². The number of hydrogen-bond acceptors (Lipinski definition) is 2. The van der Waals surface area contributed by atoms with Gasteiger partial charge in [0.1, 0.15) is 0 Å². The van der Waals surface area contributed by atoms with Crippen LogP contribution < -0.4 is 5.32 Å². The van der Waals surface area contributed by atoms with Gasteiger partial charge in [-0.3, -0.25) is 4.79 Å². The molecule has 1 aliphatic carbocycles. The highest BCUT2D eigenvalue weighted by molar-refractivity contribution is 5.79. The normalized spacial score (nSPS) is 41.6. The molecule has 2 heterocycles. The summed E-state index contributed by atoms with van der Waals surface area (Å²) in [6, 6.07) is 0.331. The minimum absolute atomic E-state index is 0.0387. The largest absolute Gasteiger partial charge is 0.481 e. The molecular weight excluding hydrogens is 232 g/mol. The Morgan fingerprint density at radius 2 is 1.94 bits per heavy atom. The van der Waals surface area contributed by atoms with Crippen LogP contribution in [0.2, 0.25) is 0 Å². The molecule has 0 radical (unpaired) electrons. The highest BCUT2D eigenvalue weighted by atomic mass is 16.4. The zero-order valence-electron chi connectivity index (χ0n) is 10.6. The highest BCUT2D eigenvalue weighted by Crippen LogP contribution is 2.42. The van der Waals surface area contributed by atoms with E-state index in [-0.39, 0.29) is 24.0 Å². The van der Waals surface area contributed by atoms with Gasteiger partial charge in [-0.15, -0.1) is 0 Å². The second-order valence-electron chi connectivity index (χ2n) is 6.11. The van der Waals surface area contributed by atoms with Crippen molar-refractivity contribution in [3.05, 3.63) is 0 Å². The van der Waals surface area contributed by atoms with Gasteiger partial charge in [0.2, 0.25) is 0 Å². The molecule has 2 amide bonds. The van der Waals surface area contributed by atoms with Crippen LogP contribution in [0.3, 0.4) is 0 Å². The predicted molar refractivity (Wildman–Crippen MR) is 65.1 cm³/mol. The van der Waals surface area contributed by atoms with Crippen molar-refractivity contribution in [1.82, 2.24) is 10.2 Å². The van der Waals surface area contributed by atoms with E-state index in [1.807, 2.05) is 4.90 Å². The van der Waals surface area contributed by atoms with E-state index in [0.29, 0.717) is 18.4 Å². The lowest BCUT2D eigenvalue weighted by molar-refractivity contribution is -0.142. The molecule has 2 bridgehead atoms. The van der Waals surface area contributed by atoms with Crippen LogP contribution in [0.1, 0.15) is 39.0 Å². The third-order valence-corrected chi connectivity index (χ3v) is 4.79. The lowest BCUT2D eigenvalue weighted by Crippen LogP contribution is -2.51. The lowest BCUT2D eigenvalue weighted by atomic mass is 9.82. The number of nitrogens with zero attached hydrogens (tertiary/aromatic N) is 1. The summed E-state index contributed by atoms with van der Waals surface area (Å²) in [5.41, 5.74) is 0. The van der Waals surface area contributed by atoms with Crippen LogP contribution in [0.4, 0.5) is 4.79 Å².